The Kier molecular flexibility index (Phi) is 8.92. The molecule has 0 N–H and O–H groups in total. The van der Waals surface area contributed by atoms with E-state index in [9.17, 15) is 14.4 Å². The molecule has 9 heteroatoms. The van der Waals surface area contributed by atoms with Crippen molar-refractivity contribution in [3.8, 4) is 11.5 Å². The molecule has 0 bridgehead atoms. The fourth-order valence-electron chi connectivity index (χ4n) is 4.39. The number of hydrogen-bond donors (Lipinski definition) is 0. The minimum atomic E-state index is -0.574. The first kappa shape index (κ1) is 26.3. The number of methoxy groups -OCH3 is 3. The second-order valence-electron chi connectivity index (χ2n) is 8.64. The number of esters is 1. The normalized spacial score (nSPS) is 15.4. The number of ketones is 1. The molecule has 35 heavy (non-hydrogen) atoms. The maximum absolute atomic E-state index is 12.7. The summed E-state index contributed by atoms with van der Waals surface area (Å²) in [6, 6.07) is 7.43. The van der Waals surface area contributed by atoms with E-state index in [0.717, 1.165) is 17.0 Å². The summed E-state index contributed by atoms with van der Waals surface area (Å²) in [5.74, 6) is -0.181. The van der Waals surface area contributed by atoms with Gasteiger partial charge in [0.2, 0.25) is 11.7 Å². The standard InChI is InChI=1S/C26H34N2O7/c1-17-12-21(18(2)28(17)10-11-32-3)22(29)16-35-26(31)20-14-25(30)27(15-20)9-8-19-6-7-23(33-4)24(13-19)34-5/h6-7,12-13,20H,8-11,14-16H2,1-5H3/t20-/m1/s1. The molecule has 190 valence electrons. The molecule has 1 aliphatic heterocycles. The Balaban J connectivity index is 1.51. The van der Waals surface area contributed by atoms with Gasteiger partial charge in [-0.2, -0.15) is 0 Å². The maximum atomic E-state index is 12.7. The molecule has 1 saturated heterocycles. The summed E-state index contributed by atoms with van der Waals surface area (Å²) in [4.78, 5) is 39.4. The second kappa shape index (κ2) is 11.9. The van der Waals surface area contributed by atoms with Crippen LogP contribution in [0.5, 0.6) is 11.5 Å². The minimum absolute atomic E-state index is 0.0878. The zero-order valence-electron chi connectivity index (χ0n) is 21.1. The molecular weight excluding hydrogens is 452 g/mol. The number of hydrogen-bond acceptors (Lipinski definition) is 7. The average Bonchev–Trinajstić information content (AvgIpc) is 3.37. The lowest BCUT2D eigenvalue weighted by Gasteiger charge is -2.17. The van der Waals surface area contributed by atoms with Crippen LogP contribution in [0, 0.1) is 19.8 Å². The monoisotopic (exact) mass is 486 g/mol. The third-order valence-electron chi connectivity index (χ3n) is 6.40. The van der Waals surface area contributed by atoms with E-state index < -0.39 is 11.9 Å². The highest BCUT2D eigenvalue weighted by molar-refractivity contribution is 5.99. The minimum Gasteiger partial charge on any atom is -0.493 e. The first-order chi connectivity index (χ1) is 16.8. The number of carbonyl (C=O) groups is 3. The molecule has 3 rings (SSSR count). The Bertz CT molecular complexity index is 1080. The molecule has 9 nitrogen and oxygen atoms in total. The first-order valence-electron chi connectivity index (χ1n) is 11.6. The van der Waals surface area contributed by atoms with E-state index in [1.807, 2.05) is 36.6 Å². The van der Waals surface area contributed by atoms with Crippen molar-refractivity contribution in [3.63, 3.8) is 0 Å². The summed E-state index contributed by atoms with van der Waals surface area (Å²) in [5.41, 5.74) is 3.29. The Morgan fingerprint density at radius 2 is 1.77 bits per heavy atom. The van der Waals surface area contributed by atoms with Crippen LogP contribution in [0.2, 0.25) is 0 Å². The number of nitrogens with zero attached hydrogens (tertiary/aromatic N) is 2. The smallest absolute Gasteiger partial charge is 0.311 e. The molecule has 1 atom stereocenters. The summed E-state index contributed by atoms with van der Waals surface area (Å²) in [7, 11) is 4.78. The van der Waals surface area contributed by atoms with Crippen LogP contribution in [0.25, 0.3) is 0 Å². The van der Waals surface area contributed by atoms with Gasteiger partial charge in [-0.1, -0.05) is 6.07 Å². The molecule has 1 fully saturated rings. The molecule has 1 aliphatic rings. The SMILES string of the molecule is COCCn1c(C)cc(C(=O)COC(=O)[C@@H]2CC(=O)N(CCc3ccc(OC)c(OC)c3)C2)c1C. The highest BCUT2D eigenvalue weighted by Gasteiger charge is 2.35. The van der Waals surface area contributed by atoms with Crippen molar-refractivity contribution in [2.75, 3.05) is 47.6 Å². The average molecular weight is 487 g/mol. The van der Waals surface area contributed by atoms with Crippen molar-refractivity contribution in [3.05, 3.63) is 46.8 Å². The molecule has 0 aliphatic carbocycles. The van der Waals surface area contributed by atoms with E-state index >= 15 is 0 Å². The van der Waals surface area contributed by atoms with Crippen LogP contribution < -0.4 is 9.47 Å². The Labute approximate surface area is 205 Å². The summed E-state index contributed by atoms with van der Waals surface area (Å²) in [5, 5.41) is 0. The van der Waals surface area contributed by atoms with Gasteiger partial charge in [0, 0.05) is 50.1 Å². The fraction of sp³-hybridized carbons (Fsp3) is 0.500. The number of carbonyl (C=O) groups excluding carboxylic acids is 3. The summed E-state index contributed by atoms with van der Waals surface area (Å²) < 4.78 is 23.0. The van der Waals surface area contributed by atoms with E-state index in [1.54, 1.807) is 32.3 Å². The van der Waals surface area contributed by atoms with Gasteiger partial charge in [-0.3, -0.25) is 14.4 Å². The summed E-state index contributed by atoms with van der Waals surface area (Å²) in [6.45, 7) is 5.39. The predicted octanol–water partition coefficient (Wildman–Crippen LogP) is 2.59. The van der Waals surface area contributed by atoms with E-state index in [-0.39, 0.29) is 31.3 Å². The molecule has 0 spiro atoms. The van der Waals surface area contributed by atoms with Gasteiger partial charge in [-0.05, 0) is 44.0 Å². The quantitative estimate of drug-likeness (QED) is 0.336. The van der Waals surface area contributed by atoms with Crippen LogP contribution in [0.15, 0.2) is 24.3 Å². The zero-order chi connectivity index (χ0) is 25.5. The van der Waals surface area contributed by atoms with Crippen molar-refractivity contribution in [2.45, 2.75) is 33.2 Å². The largest absolute Gasteiger partial charge is 0.493 e. The van der Waals surface area contributed by atoms with Crippen molar-refractivity contribution in [1.82, 2.24) is 9.47 Å². The first-order valence-corrected chi connectivity index (χ1v) is 11.6. The third kappa shape index (κ3) is 6.22. The number of aryl methyl sites for hydroxylation is 1. The van der Waals surface area contributed by atoms with Gasteiger partial charge in [0.15, 0.2) is 18.1 Å². The fourth-order valence-corrected chi connectivity index (χ4v) is 4.39. The summed E-state index contributed by atoms with van der Waals surface area (Å²) in [6.07, 6.45) is 0.704. The lowest BCUT2D eigenvalue weighted by Crippen LogP contribution is -2.29. The van der Waals surface area contributed by atoms with Crippen molar-refractivity contribution in [1.29, 1.82) is 0 Å². The zero-order valence-corrected chi connectivity index (χ0v) is 21.1. The van der Waals surface area contributed by atoms with E-state index in [0.29, 0.717) is 43.2 Å². The lowest BCUT2D eigenvalue weighted by atomic mass is 10.1. The Hall–Kier alpha value is -3.33. The van der Waals surface area contributed by atoms with Crippen LogP contribution in [0.4, 0.5) is 0 Å². The van der Waals surface area contributed by atoms with Crippen LogP contribution in [0.1, 0.15) is 33.7 Å². The van der Waals surface area contributed by atoms with Crippen LogP contribution in [-0.4, -0.2) is 74.8 Å². The number of Topliss-reactive ketones (excluding diaryl/α,β-unsaturated/α-hetero) is 1. The highest BCUT2D eigenvalue weighted by Crippen LogP contribution is 2.28. The van der Waals surface area contributed by atoms with E-state index in [4.69, 9.17) is 18.9 Å². The lowest BCUT2D eigenvalue weighted by molar-refractivity contribution is -0.147. The van der Waals surface area contributed by atoms with Crippen molar-refractivity contribution >= 4 is 17.7 Å². The molecule has 2 heterocycles. The van der Waals surface area contributed by atoms with Gasteiger partial charge < -0.3 is 28.4 Å². The van der Waals surface area contributed by atoms with Crippen molar-refractivity contribution < 1.29 is 33.3 Å². The van der Waals surface area contributed by atoms with Gasteiger partial charge in [0.25, 0.3) is 0 Å². The maximum Gasteiger partial charge on any atom is 0.311 e. The molecular formula is C26H34N2O7. The predicted molar refractivity (Wildman–Crippen MR) is 129 cm³/mol. The van der Waals surface area contributed by atoms with Gasteiger partial charge in [0.1, 0.15) is 0 Å². The molecule has 0 radical (unpaired) electrons. The molecule has 0 saturated carbocycles. The highest BCUT2D eigenvalue weighted by atomic mass is 16.5. The number of amides is 1. The summed E-state index contributed by atoms with van der Waals surface area (Å²) >= 11 is 0. The van der Waals surface area contributed by atoms with E-state index in [1.165, 1.54) is 0 Å². The van der Waals surface area contributed by atoms with Crippen LogP contribution in [-0.2, 0) is 32.0 Å². The van der Waals surface area contributed by atoms with Crippen LogP contribution in [0.3, 0.4) is 0 Å². The van der Waals surface area contributed by atoms with Crippen LogP contribution >= 0.6 is 0 Å². The molecule has 1 aromatic heterocycles. The topological polar surface area (TPSA) is 96.3 Å². The van der Waals surface area contributed by atoms with Gasteiger partial charge in [-0.15, -0.1) is 0 Å². The molecule has 1 amide bonds. The van der Waals surface area contributed by atoms with Gasteiger partial charge in [0.05, 0.1) is 26.7 Å². The molecule has 1 aromatic carbocycles. The number of rotatable bonds is 12. The van der Waals surface area contributed by atoms with E-state index in [2.05, 4.69) is 0 Å². The molecule has 0 unspecified atom stereocenters. The number of ether oxygens (including phenoxy) is 4. The second-order valence-corrected chi connectivity index (χ2v) is 8.64. The number of aromatic nitrogens is 1. The van der Waals surface area contributed by atoms with Crippen molar-refractivity contribution in [2.24, 2.45) is 5.92 Å². The number of benzene rings is 1. The third-order valence-corrected chi connectivity index (χ3v) is 6.40. The Morgan fingerprint density at radius 3 is 2.46 bits per heavy atom. The number of likely N-dealkylation sites (tertiary alicyclic amines) is 1. The van der Waals surface area contributed by atoms with Gasteiger partial charge in [-0.25, -0.2) is 0 Å². The Morgan fingerprint density at radius 1 is 1.03 bits per heavy atom. The van der Waals surface area contributed by atoms with Gasteiger partial charge >= 0.3 is 5.97 Å². The molecule has 2 aromatic rings.